The van der Waals surface area contributed by atoms with E-state index < -0.39 is 28.7 Å². The highest BCUT2D eigenvalue weighted by atomic mass is 32.2. The van der Waals surface area contributed by atoms with Gasteiger partial charge in [-0.2, -0.15) is 10.4 Å². The SMILES string of the molecule is N#Cc1cc(S(=O)(=O)Nc2nccs2)ccc1Oc1cccc(-n2nc(C(F)F)cc2CO)c1. The van der Waals surface area contributed by atoms with Crippen LogP contribution in [0.1, 0.15) is 23.4 Å². The second-order valence-corrected chi connectivity index (χ2v) is 9.32. The van der Waals surface area contributed by atoms with Gasteiger partial charge >= 0.3 is 0 Å². The molecule has 0 aliphatic carbocycles. The van der Waals surface area contributed by atoms with Crippen LogP contribution in [0.5, 0.6) is 11.5 Å². The highest BCUT2D eigenvalue weighted by molar-refractivity contribution is 7.93. The Morgan fingerprint density at radius 2 is 2.06 bits per heavy atom. The maximum Gasteiger partial charge on any atom is 0.282 e. The Balaban J connectivity index is 1.62. The van der Waals surface area contributed by atoms with E-state index in [1.54, 1.807) is 23.6 Å². The Hall–Kier alpha value is -3.86. The Kier molecular flexibility index (Phi) is 6.55. The molecule has 0 saturated carbocycles. The number of alkyl halides is 2. The third kappa shape index (κ3) is 4.88. The number of nitrogens with zero attached hydrogens (tertiary/aromatic N) is 4. The number of nitrogens with one attached hydrogen (secondary N) is 1. The zero-order chi connectivity index (χ0) is 24.3. The normalized spacial score (nSPS) is 11.4. The molecule has 2 aromatic carbocycles. The lowest BCUT2D eigenvalue weighted by Crippen LogP contribution is -2.13. The number of anilines is 1. The molecule has 2 heterocycles. The molecule has 0 amide bonds. The molecule has 0 saturated heterocycles. The first-order valence-electron chi connectivity index (χ1n) is 9.53. The van der Waals surface area contributed by atoms with Crippen LogP contribution in [0.25, 0.3) is 5.69 Å². The van der Waals surface area contributed by atoms with E-state index in [9.17, 15) is 27.6 Å². The van der Waals surface area contributed by atoms with Crippen LogP contribution in [0.2, 0.25) is 0 Å². The van der Waals surface area contributed by atoms with Crippen LogP contribution in [0.15, 0.2) is 65.0 Å². The van der Waals surface area contributed by atoms with E-state index >= 15 is 0 Å². The van der Waals surface area contributed by atoms with Crippen LogP contribution >= 0.6 is 11.3 Å². The van der Waals surface area contributed by atoms with Gasteiger partial charge in [0.25, 0.3) is 16.4 Å². The van der Waals surface area contributed by atoms with Crippen LogP contribution in [0, 0.1) is 11.3 Å². The molecule has 13 heteroatoms. The quantitative estimate of drug-likeness (QED) is 0.368. The molecule has 0 bridgehead atoms. The Bertz CT molecular complexity index is 1460. The summed E-state index contributed by atoms with van der Waals surface area (Å²) >= 11 is 1.11. The number of hydrogen-bond acceptors (Lipinski definition) is 8. The molecule has 4 aromatic rings. The van der Waals surface area contributed by atoms with Crippen LogP contribution in [0.4, 0.5) is 13.9 Å². The van der Waals surface area contributed by atoms with Crippen molar-refractivity contribution in [2.45, 2.75) is 17.9 Å². The second-order valence-electron chi connectivity index (χ2n) is 6.74. The predicted octanol–water partition coefficient (Wildman–Crippen LogP) is 4.22. The number of nitriles is 1. The highest BCUT2D eigenvalue weighted by Gasteiger charge is 2.19. The average Bonchev–Trinajstić information content (AvgIpc) is 3.49. The first-order chi connectivity index (χ1) is 16.3. The molecule has 174 valence electrons. The van der Waals surface area contributed by atoms with Crippen molar-refractivity contribution >= 4 is 26.5 Å². The Morgan fingerprint density at radius 3 is 2.74 bits per heavy atom. The van der Waals surface area contributed by atoms with Gasteiger partial charge in [-0.15, -0.1) is 11.3 Å². The fraction of sp³-hybridized carbons (Fsp3) is 0.0952. The maximum absolute atomic E-state index is 13.0. The summed E-state index contributed by atoms with van der Waals surface area (Å²) in [5, 5.41) is 24.6. The van der Waals surface area contributed by atoms with E-state index in [0.29, 0.717) is 5.69 Å². The molecule has 0 spiro atoms. The molecule has 34 heavy (non-hydrogen) atoms. The van der Waals surface area contributed by atoms with Gasteiger partial charge in [-0.25, -0.2) is 26.9 Å². The fourth-order valence-corrected chi connectivity index (χ4v) is 4.80. The van der Waals surface area contributed by atoms with Crippen molar-refractivity contribution < 1.29 is 27.0 Å². The molecular weight excluding hydrogens is 488 g/mol. The highest BCUT2D eigenvalue weighted by Crippen LogP contribution is 2.30. The number of benzene rings is 2. The third-order valence-corrected chi connectivity index (χ3v) is 6.67. The minimum atomic E-state index is -3.97. The van der Waals surface area contributed by atoms with E-state index in [0.717, 1.165) is 17.4 Å². The Labute approximate surface area is 196 Å². The molecule has 0 fully saturated rings. The van der Waals surface area contributed by atoms with Crippen molar-refractivity contribution in [3.63, 3.8) is 0 Å². The summed E-state index contributed by atoms with van der Waals surface area (Å²) in [6.07, 6.45) is -1.35. The number of aliphatic hydroxyl groups is 1. The summed E-state index contributed by atoms with van der Waals surface area (Å²) in [5.41, 5.74) is -0.0147. The molecular formula is C21H15F2N5O4S2. The Morgan fingerprint density at radius 1 is 1.24 bits per heavy atom. The van der Waals surface area contributed by atoms with Gasteiger partial charge in [-0.3, -0.25) is 4.72 Å². The van der Waals surface area contributed by atoms with Gasteiger partial charge in [0.1, 0.15) is 23.3 Å². The third-order valence-electron chi connectivity index (χ3n) is 4.51. The summed E-state index contributed by atoms with van der Waals surface area (Å²) in [7, 11) is -3.97. The van der Waals surface area contributed by atoms with Gasteiger partial charge < -0.3 is 9.84 Å². The zero-order valence-electron chi connectivity index (χ0n) is 17.1. The van der Waals surface area contributed by atoms with Crippen LogP contribution in [-0.2, 0) is 16.6 Å². The van der Waals surface area contributed by atoms with E-state index in [1.165, 1.54) is 35.1 Å². The average molecular weight is 504 g/mol. The van der Waals surface area contributed by atoms with Crippen molar-refractivity contribution in [1.82, 2.24) is 14.8 Å². The number of aliphatic hydroxyl groups excluding tert-OH is 1. The molecule has 2 aromatic heterocycles. The van der Waals surface area contributed by atoms with E-state index in [2.05, 4.69) is 14.8 Å². The van der Waals surface area contributed by atoms with Crippen LogP contribution in [-0.4, -0.2) is 28.3 Å². The standard InChI is InChI=1S/C21H15F2N5O4S2/c22-20(23)18-10-15(12-29)28(26-18)14-2-1-3-16(9-14)32-19-5-4-17(8-13(19)11-24)34(30,31)27-21-25-6-7-33-21/h1-10,20,29H,12H2,(H,25,27). The summed E-state index contributed by atoms with van der Waals surface area (Å²) in [6, 6.07) is 13.0. The van der Waals surface area contributed by atoms with Gasteiger partial charge in [0.15, 0.2) is 5.13 Å². The number of aromatic nitrogens is 3. The molecule has 0 radical (unpaired) electrons. The van der Waals surface area contributed by atoms with Gasteiger partial charge in [-0.1, -0.05) is 6.07 Å². The van der Waals surface area contributed by atoms with Crippen LogP contribution < -0.4 is 9.46 Å². The predicted molar refractivity (Wildman–Crippen MR) is 119 cm³/mol. The first-order valence-corrected chi connectivity index (χ1v) is 11.9. The monoisotopic (exact) mass is 503 g/mol. The van der Waals surface area contributed by atoms with E-state index in [-0.39, 0.29) is 32.8 Å². The number of ether oxygens (including phenoxy) is 1. The van der Waals surface area contributed by atoms with Crippen LogP contribution in [0.3, 0.4) is 0 Å². The molecule has 9 nitrogen and oxygen atoms in total. The summed E-state index contributed by atoms with van der Waals surface area (Å²) in [5.74, 6) is 0.326. The lowest BCUT2D eigenvalue weighted by atomic mass is 10.2. The lowest BCUT2D eigenvalue weighted by Gasteiger charge is -2.12. The minimum Gasteiger partial charge on any atom is -0.456 e. The largest absolute Gasteiger partial charge is 0.456 e. The van der Waals surface area contributed by atoms with Crippen molar-refractivity contribution in [1.29, 1.82) is 5.26 Å². The first kappa shape index (κ1) is 23.3. The van der Waals surface area contributed by atoms with Gasteiger partial charge in [0.2, 0.25) is 0 Å². The van der Waals surface area contributed by atoms with Crippen molar-refractivity contribution in [2.24, 2.45) is 0 Å². The second kappa shape index (κ2) is 9.56. The van der Waals surface area contributed by atoms with E-state index in [4.69, 9.17) is 4.74 Å². The smallest absolute Gasteiger partial charge is 0.282 e. The number of hydrogen-bond donors (Lipinski definition) is 2. The van der Waals surface area contributed by atoms with Gasteiger partial charge in [-0.05, 0) is 36.4 Å². The topological polar surface area (TPSA) is 130 Å². The summed E-state index contributed by atoms with van der Waals surface area (Å²) in [4.78, 5) is 3.72. The molecule has 0 atom stereocenters. The van der Waals surface area contributed by atoms with Gasteiger partial charge in [0, 0.05) is 17.6 Å². The number of rotatable bonds is 8. The molecule has 0 unspecified atom stereocenters. The molecule has 2 N–H and O–H groups in total. The van der Waals surface area contributed by atoms with Crippen molar-refractivity contribution in [3.05, 3.63) is 77.1 Å². The van der Waals surface area contributed by atoms with Gasteiger partial charge in [0.05, 0.1) is 28.4 Å². The van der Waals surface area contributed by atoms with Crippen molar-refractivity contribution in [2.75, 3.05) is 4.72 Å². The maximum atomic E-state index is 13.0. The fourth-order valence-electron chi connectivity index (χ4n) is 2.99. The number of sulfonamides is 1. The zero-order valence-corrected chi connectivity index (χ0v) is 18.7. The number of halogens is 2. The summed E-state index contributed by atoms with van der Waals surface area (Å²) < 4.78 is 60.4. The molecule has 0 aliphatic heterocycles. The number of thiazole rings is 1. The summed E-state index contributed by atoms with van der Waals surface area (Å²) in [6.45, 7) is -0.506. The van der Waals surface area contributed by atoms with E-state index in [1.807, 2.05) is 6.07 Å². The minimum absolute atomic E-state index is 0.0393. The molecule has 4 rings (SSSR count). The lowest BCUT2D eigenvalue weighted by molar-refractivity contribution is 0.145. The van der Waals surface area contributed by atoms with Crippen molar-refractivity contribution in [3.8, 4) is 23.3 Å². The molecule has 0 aliphatic rings.